The largest absolute Gasteiger partial charge is 0.351 e. The molecule has 6 nitrogen and oxygen atoms in total. The average Bonchev–Trinajstić information content (AvgIpc) is 3.06. The van der Waals surface area contributed by atoms with Crippen LogP contribution >= 0.6 is 0 Å². The Bertz CT molecular complexity index is 577. The van der Waals surface area contributed by atoms with E-state index in [0.717, 1.165) is 12.2 Å². The summed E-state index contributed by atoms with van der Waals surface area (Å²) in [4.78, 5) is 24.3. The van der Waals surface area contributed by atoms with Gasteiger partial charge in [-0.3, -0.25) is 14.3 Å². The molecular weight excluding hydrogens is 304 g/mol. The van der Waals surface area contributed by atoms with Crippen molar-refractivity contribution >= 4 is 11.8 Å². The van der Waals surface area contributed by atoms with E-state index in [1.165, 1.54) is 32.1 Å². The number of nitrogens with zero attached hydrogens (tertiary/aromatic N) is 2. The van der Waals surface area contributed by atoms with E-state index in [1.54, 1.807) is 6.20 Å². The normalized spacial score (nSPS) is 25.3. The molecular formula is C18H28N4O2. The summed E-state index contributed by atoms with van der Waals surface area (Å²) in [5.41, 5.74) is 0.966. The van der Waals surface area contributed by atoms with Crippen LogP contribution in [0.1, 0.15) is 70.0 Å². The Morgan fingerprint density at radius 1 is 1.33 bits per heavy atom. The maximum absolute atomic E-state index is 12.5. The van der Waals surface area contributed by atoms with Crippen molar-refractivity contribution in [3.63, 3.8) is 0 Å². The highest BCUT2D eigenvalue weighted by Gasteiger charge is 2.33. The summed E-state index contributed by atoms with van der Waals surface area (Å²) in [5.74, 6) is 0.689. The zero-order chi connectivity index (χ0) is 16.9. The smallest absolute Gasteiger partial charge is 0.220 e. The monoisotopic (exact) mass is 332 g/mol. The van der Waals surface area contributed by atoms with Crippen LogP contribution in [0.4, 0.5) is 0 Å². The standard InChI is InChI=1S/C18H28N4O2/c1-2-22-15(10-11-19-22)18-14(8-9-16(23)21-18)20-17(24)12-13-6-4-3-5-7-13/h10-11,13-14,18H,2-9,12H2,1H3,(H,20,24)(H,21,23). The second-order valence-corrected chi connectivity index (χ2v) is 7.04. The van der Waals surface area contributed by atoms with Crippen molar-refractivity contribution in [2.45, 2.75) is 76.9 Å². The molecule has 2 fully saturated rings. The fourth-order valence-electron chi connectivity index (χ4n) is 4.03. The van der Waals surface area contributed by atoms with Gasteiger partial charge in [-0.05, 0) is 38.2 Å². The van der Waals surface area contributed by atoms with Crippen LogP contribution < -0.4 is 10.6 Å². The SMILES string of the molecule is CCn1nccc1C1NC(=O)CCC1NC(=O)CC1CCCCC1. The lowest BCUT2D eigenvalue weighted by Crippen LogP contribution is -2.51. The molecule has 0 spiro atoms. The number of aromatic nitrogens is 2. The Kier molecular flexibility index (Phi) is 5.53. The first-order valence-electron chi connectivity index (χ1n) is 9.27. The summed E-state index contributed by atoms with van der Waals surface area (Å²) in [6.45, 7) is 2.77. The van der Waals surface area contributed by atoms with E-state index in [4.69, 9.17) is 0 Å². The van der Waals surface area contributed by atoms with Gasteiger partial charge in [-0.15, -0.1) is 0 Å². The summed E-state index contributed by atoms with van der Waals surface area (Å²) in [5, 5.41) is 10.5. The molecule has 132 valence electrons. The molecule has 1 aliphatic carbocycles. The summed E-state index contributed by atoms with van der Waals surface area (Å²) in [6.07, 6.45) is 9.64. The van der Waals surface area contributed by atoms with Crippen LogP contribution in [-0.4, -0.2) is 27.6 Å². The number of piperidine rings is 1. The highest BCUT2D eigenvalue weighted by Crippen LogP contribution is 2.28. The number of carbonyl (C=O) groups excluding carboxylic acids is 2. The van der Waals surface area contributed by atoms with Gasteiger partial charge in [-0.1, -0.05) is 19.3 Å². The number of nitrogens with one attached hydrogen (secondary N) is 2. The molecule has 1 aromatic rings. The number of carbonyl (C=O) groups is 2. The van der Waals surface area contributed by atoms with E-state index in [-0.39, 0.29) is 23.9 Å². The molecule has 1 saturated carbocycles. The van der Waals surface area contributed by atoms with Crippen molar-refractivity contribution in [1.82, 2.24) is 20.4 Å². The van der Waals surface area contributed by atoms with Crippen LogP contribution in [0.3, 0.4) is 0 Å². The van der Waals surface area contributed by atoms with Crippen molar-refractivity contribution in [2.75, 3.05) is 0 Å². The number of hydrogen-bond donors (Lipinski definition) is 2. The average molecular weight is 332 g/mol. The molecule has 2 atom stereocenters. The molecule has 2 N–H and O–H groups in total. The number of hydrogen-bond acceptors (Lipinski definition) is 3. The van der Waals surface area contributed by atoms with Crippen molar-refractivity contribution in [2.24, 2.45) is 5.92 Å². The fraction of sp³-hybridized carbons (Fsp3) is 0.722. The summed E-state index contributed by atoms with van der Waals surface area (Å²) < 4.78 is 1.89. The Balaban J connectivity index is 1.65. The molecule has 3 rings (SSSR count). The van der Waals surface area contributed by atoms with Gasteiger partial charge >= 0.3 is 0 Å². The van der Waals surface area contributed by atoms with E-state index in [1.807, 2.05) is 17.7 Å². The maximum atomic E-state index is 12.5. The van der Waals surface area contributed by atoms with Gasteiger partial charge in [0.2, 0.25) is 11.8 Å². The molecule has 2 unspecified atom stereocenters. The van der Waals surface area contributed by atoms with E-state index in [0.29, 0.717) is 25.2 Å². The van der Waals surface area contributed by atoms with Gasteiger partial charge in [-0.2, -0.15) is 5.10 Å². The van der Waals surface area contributed by atoms with Crippen LogP contribution in [0.5, 0.6) is 0 Å². The quantitative estimate of drug-likeness (QED) is 0.869. The van der Waals surface area contributed by atoms with Crippen molar-refractivity contribution < 1.29 is 9.59 Å². The second-order valence-electron chi connectivity index (χ2n) is 7.04. The van der Waals surface area contributed by atoms with Gasteiger partial charge < -0.3 is 10.6 Å². The third-order valence-corrected chi connectivity index (χ3v) is 5.31. The first kappa shape index (κ1) is 17.0. The van der Waals surface area contributed by atoms with Crippen molar-refractivity contribution in [3.05, 3.63) is 18.0 Å². The Labute approximate surface area is 143 Å². The fourth-order valence-corrected chi connectivity index (χ4v) is 4.03. The molecule has 2 aliphatic rings. The van der Waals surface area contributed by atoms with Gasteiger partial charge in [0.15, 0.2) is 0 Å². The topological polar surface area (TPSA) is 76.0 Å². The summed E-state index contributed by atoms with van der Waals surface area (Å²) in [7, 11) is 0. The minimum absolute atomic E-state index is 0.0432. The molecule has 0 radical (unpaired) electrons. The lowest BCUT2D eigenvalue weighted by molar-refractivity contribution is -0.127. The van der Waals surface area contributed by atoms with Crippen LogP contribution in [0.25, 0.3) is 0 Å². The maximum Gasteiger partial charge on any atom is 0.220 e. The van der Waals surface area contributed by atoms with E-state index >= 15 is 0 Å². The predicted molar refractivity (Wildman–Crippen MR) is 91.1 cm³/mol. The first-order valence-corrected chi connectivity index (χ1v) is 9.27. The van der Waals surface area contributed by atoms with Crippen LogP contribution in [0.2, 0.25) is 0 Å². The number of amides is 2. The minimum Gasteiger partial charge on any atom is -0.351 e. The van der Waals surface area contributed by atoms with Gasteiger partial charge in [0.05, 0.1) is 17.8 Å². The molecule has 2 heterocycles. The lowest BCUT2D eigenvalue weighted by Gasteiger charge is -2.33. The molecule has 0 bridgehead atoms. The Morgan fingerprint density at radius 2 is 2.12 bits per heavy atom. The first-order chi connectivity index (χ1) is 11.7. The molecule has 24 heavy (non-hydrogen) atoms. The molecule has 2 amide bonds. The predicted octanol–water partition coefficient (Wildman–Crippen LogP) is 2.31. The number of rotatable bonds is 5. The summed E-state index contributed by atoms with van der Waals surface area (Å²) in [6, 6.07) is 1.69. The molecule has 1 aliphatic heterocycles. The molecule has 1 aromatic heterocycles. The molecule has 0 aromatic carbocycles. The zero-order valence-electron chi connectivity index (χ0n) is 14.5. The van der Waals surface area contributed by atoms with E-state index in [2.05, 4.69) is 15.7 Å². The van der Waals surface area contributed by atoms with Crippen LogP contribution in [0.15, 0.2) is 12.3 Å². The molecule has 1 saturated heterocycles. The van der Waals surface area contributed by atoms with Crippen molar-refractivity contribution in [3.8, 4) is 0 Å². The third kappa shape index (κ3) is 3.97. The van der Waals surface area contributed by atoms with Crippen molar-refractivity contribution in [1.29, 1.82) is 0 Å². The molecule has 6 heteroatoms. The number of aryl methyl sites for hydroxylation is 1. The lowest BCUT2D eigenvalue weighted by atomic mass is 9.86. The van der Waals surface area contributed by atoms with E-state index in [9.17, 15) is 9.59 Å². The van der Waals surface area contributed by atoms with Gasteiger partial charge in [0, 0.05) is 25.6 Å². The Morgan fingerprint density at radius 3 is 2.88 bits per heavy atom. The van der Waals surface area contributed by atoms with Crippen LogP contribution in [-0.2, 0) is 16.1 Å². The highest BCUT2D eigenvalue weighted by atomic mass is 16.2. The minimum atomic E-state index is -0.191. The highest BCUT2D eigenvalue weighted by molar-refractivity contribution is 5.79. The van der Waals surface area contributed by atoms with Crippen LogP contribution in [0, 0.1) is 5.92 Å². The second kappa shape index (κ2) is 7.81. The Hall–Kier alpha value is -1.85. The summed E-state index contributed by atoms with van der Waals surface area (Å²) >= 11 is 0. The van der Waals surface area contributed by atoms with Gasteiger partial charge in [-0.25, -0.2) is 0 Å². The van der Waals surface area contributed by atoms with E-state index < -0.39 is 0 Å². The van der Waals surface area contributed by atoms with Gasteiger partial charge in [0.25, 0.3) is 0 Å². The zero-order valence-corrected chi connectivity index (χ0v) is 14.5. The third-order valence-electron chi connectivity index (χ3n) is 5.31. The van der Waals surface area contributed by atoms with Gasteiger partial charge in [0.1, 0.15) is 0 Å².